The van der Waals surface area contributed by atoms with E-state index in [4.69, 9.17) is 4.52 Å². The zero-order valence-corrected chi connectivity index (χ0v) is 13.1. The zero-order chi connectivity index (χ0) is 14.2. The van der Waals surface area contributed by atoms with Crippen molar-refractivity contribution < 1.29 is 22.7 Å². The highest BCUT2D eigenvalue weighted by atomic mass is 31.2. The van der Waals surface area contributed by atoms with Crippen molar-refractivity contribution in [3.05, 3.63) is 30.3 Å². The molecular formula is C12H24O5P2. The predicted octanol–water partition coefficient (Wildman–Crippen LogP) is 4.34. The summed E-state index contributed by atoms with van der Waals surface area (Å²) in [4.78, 5) is 0. The summed E-state index contributed by atoms with van der Waals surface area (Å²) in [5, 5.41) is 0. The van der Waals surface area contributed by atoms with Gasteiger partial charge in [-0.15, -0.1) is 0 Å². The van der Waals surface area contributed by atoms with Gasteiger partial charge in [0.2, 0.25) is 0 Å². The molecule has 0 radical (unpaired) electrons. The Kier molecular flexibility index (Phi) is 10.2. The lowest BCUT2D eigenvalue weighted by molar-refractivity contribution is 0.328. The summed E-state index contributed by atoms with van der Waals surface area (Å²) in [7, 11) is -2.23. The molecule has 0 aromatic heterocycles. The second kappa shape index (κ2) is 9.33. The standard InChI is InChI=1S/C8H11O3P.C3H9O2P.CH4/c1-10-12(2,9)11-8-6-4-3-5-7-8;1-5-6(2,3)4;/h3-7H,1-2H3;1-3H3;1H4. The Balaban J connectivity index is 0. The summed E-state index contributed by atoms with van der Waals surface area (Å²) in [5.41, 5.74) is 0. The summed E-state index contributed by atoms with van der Waals surface area (Å²) in [6.07, 6.45) is 0. The molecule has 1 aromatic rings. The fourth-order valence-corrected chi connectivity index (χ4v) is 1.29. The molecule has 0 aliphatic carbocycles. The fourth-order valence-electron chi connectivity index (χ4n) is 0.710. The summed E-state index contributed by atoms with van der Waals surface area (Å²) in [6.45, 7) is 4.58. The first-order valence-corrected chi connectivity index (χ1v) is 9.69. The average Bonchev–Trinajstić information content (AvgIpc) is 2.30. The third-order valence-electron chi connectivity index (χ3n) is 1.79. The topological polar surface area (TPSA) is 61.8 Å². The van der Waals surface area contributed by atoms with Gasteiger partial charge in [0.15, 0.2) is 7.37 Å². The maximum absolute atomic E-state index is 11.3. The number of hydrogen-bond acceptors (Lipinski definition) is 5. The molecule has 0 heterocycles. The molecule has 0 saturated heterocycles. The molecule has 0 saturated carbocycles. The third-order valence-corrected chi connectivity index (χ3v) is 3.87. The SMILES string of the molecule is C.COP(C)(=O)Oc1ccccc1.COP(C)(C)=O. The molecule has 0 aliphatic heterocycles. The van der Waals surface area contributed by atoms with Crippen LogP contribution in [0.15, 0.2) is 30.3 Å². The van der Waals surface area contributed by atoms with Crippen LogP contribution >= 0.6 is 15.0 Å². The van der Waals surface area contributed by atoms with E-state index < -0.39 is 15.0 Å². The Bertz CT molecular complexity index is 427. The van der Waals surface area contributed by atoms with Gasteiger partial charge in [-0.1, -0.05) is 25.6 Å². The molecule has 0 N–H and O–H groups in total. The summed E-state index contributed by atoms with van der Waals surface area (Å²) in [6, 6.07) is 8.95. The van der Waals surface area contributed by atoms with Crippen molar-refractivity contribution in [2.45, 2.75) is 7.43 Å². The number of rotatable bonds is 4. The molecule has 1 aromatic carbocycles. The van der Waals surface area contributed by atoms with E-state index in [1.165, 1.54) is 20.9 Å². The molecular weight excluding hydrogens is 286 g/mol. The van der Waals surface area contributed by atoms with Gasteiger partial charge in [-0.3, -0.25) is 4.57 Å². The summed E-state index contributed by atoms with van der Waals surface area (Å²) in [5.74, 6) is 0.560. The van der Waals surface area contributed by atoms with Crippen LogP contribution in [-0.4, -0.2) is 34.2 Å². The van der Waals surface area contributed by atoms with Gasteiger partial charge in [0.1, 0.15) is 5.75 Å². The lowest BCUT2D eigenvalue weighted by Gasteiger charge is -2.11. The molecule has 0 spiro atoms. The van der Waals surface area contributed by atoms with Crippen LogP contribution in [0.1, 0.15) is 7.43 Å². The maximum Gasteiger partial charge on any atom is 0.375 e. The Labute approximate surface area is 116 Å². The Morgan fingerprint density at radius 2 is 1.32 bits per heavy atom. The fraction of sp³-hybridized carbons (Fsp3) is 0.500. The molecule has 1 rings (SSSR count). The van der Waals surface area contributed by atoms with Crippen molar-refractivity contribution in [2.24, 2.45) is 0 Å². The van der Waals surface area contributed by atoms with E-state index in [2.05, 4.69) is 9.05 Å². The second-order valence-electron chi connectivity index (χ2n) is 3.79. The van der Waals surface area contributed by atoms with Gasteiger partial charge >= 0.3 is 7.60 Å². The number of para-hydroxylation sites is 1. The van der Waals surface area contributed by atoms with Gasteiger partial charge in [0.05, 0.1) is 0 Å². The Hall–Kier alpha value is -0.600. The van der Waals surface area contributed by atoms with Gasteiger partial charge in [-0.25, -0.2) is 4.57 Å². The largest absolute Gasteiger partial charge is 0.425 e. The quantitative estimate of drug-likeness (QED) is 0.774. The van der Waals surface area contributed by atoms with Gasteiger partial charge in [0, 0.05) is 34.2 Å². The normalized spacial score (nSPS) is 13.3. The van der Waals surface area contributed by atoms with Crippen LogP contribution in [0, 0.1) is 0 Å². The highest BCUT2D eigenvalue weighted by Gasteiger charge is 2.15. The third kappa shape index (κ3) is 12.2. The highest BCUT2D eigenvalue weighted by Crippen LogP contribution is 2.42. The Morgan fingerprint density at radius 3 is 1.63 bits per heavy atom. The van der Waals surface area contributed by atoms with E-state index in [9.17, 15) is 9.13 Å². The molecule has 0 amide bonds. The minimum Gasteiger partial charge on any atom is -0.425 e. The minimum atomic E-state index is -2.90. The van der Waals surface area contributed by atoms with E-state index in [1.54, 1.807) is 25.5 Å². The molecule has 1 atom stereocenters. The van der Waals surface area contributed by atoms with Crippen LogP contribution in [-0.2, 0) is 18.2 Å². The number of hydrogen-bond donors (Lipinski definition) is 0. The van der Waals surface area contributed by atoms with E-state index >= 15 is 0 Å². The molecule has 112 valence electrons. The van der Waals surface area contributed by atoms with Crippen LogP contribution in [0.2, 0.25) is 0 Å². The molecule has 19 heavy (non-hydrogen) atoms. The van der Waals surface area contributed by atoms with Crippen LogP contribution in [0.25, 0.3) is 0 Å². The van der Waals surface area contributed by atoms with Crippen LogP contribution < -0.4 is 4.52 Å². The first kappa shape index (κ1) is 20.7. The number of benzene rings is 1. The van der Waals surface area contributed by atoms with E-state index in [0.29, 0.717) is 5.75 Å². The first-order valence-electron chi connectivity index (χ1n) is 5.19. The molecule has 7 heteroatoms. The monoisotopic (exact) mass is 310 g/mol. The van der Waals surface area contributed by atoms with E-state index in [0.717, 1.165) is 0 Å². The van der Waals surface area contributed by atoms with Crippen molar-refractivity contribution in [1.29, 1.82) is 0 Å². The van der Waals surface area contributed by atoms with Crippen LogP contribution in [0.4, 0.5) is 0 Å². The highest BCUT2D eigenvalue weighted by molar-refractivity contribution is 7.57. The van der Waals surface area contributed by atoms with Gasteiger partial charge in [-0.05, 0) is 12.1 Å². The molecule has 1 unspecified atom stereocenters. The maximum atomic E-state index is 11.3. The van der Waals surface area contributed by atoms with Crippen molar-refractivity contribution in [1.82, 2.24) is 0 Å². The van der Waals surface area contributed by atoms with Crippen LogP contribution in [0.3, 0.4) is 0 Å². The van der Waals surface area contributed by atoms with Crippen molar-refractivity contribution in [3.63, 3.8) is 0 Å². The smallest absolute Gasteiger partial charge is 0.375 e. The molecule has 0 bridgehead atoms. The lowest BCUT2D eigenvalue weighted by Crippen LogP contribution is -1.92. The van der Waals surface area contributed by atoms with E-state index in [-0.39, 0.29) is 7.43 Å². The van der Waals surface area contributed by atoms with Crippen LogP contribution in [0.5, 0.6) is 5.75 Å². The van der Waals surface area contributed by atoms with Crippen molar-refractivity contribution in [2.75, 3.05) is 34.2 Å². The zero-order valence-electron chi connectivity index (χ0n) is 11.3. The average molecular weight is 310 g/mol. The predicted molar refractivity (Wildman–Crippen MR) is 80.8 cm³/mol. The Morgan fingerprint density at radius 1 is 0.895 bits per heavy atom. The lowest BCUT2D eigenvalue weighted by atomic mass is 10.3. The minimum absolute atomic E-state index is 0. The summed E-state index contributed by atoms with van der Waals surface area (Å²) >= 11 is 0. The van der Waals surface area contributed by atoms with E-state index in [1.807, 2.05) is 18.2 Å². The van der Waals surface area contributed by atoms with Gasteiger partial charge in [0.25, 0.3) is 0 Å². The molecule has 0 aliphatic rings. The first-order chi connectivity index (χ1) is 8.20. The van der Waals surface area contributed by atoms with Crippen molar-refractivity contribution >= 4 is 15.0 Å². The van der Waals surface area contributed by atoms with Gasteiger partial charge in [-0.2, -0.15) is 0 Å². The second-order valence-corrected chi connectivity index (χ2v) is 8.75. The van der Waals surface area contributed by atoms with Gasteiger partial charge < -0.3 is 13.6 Å². The molecule has 0 fully saturated rings. The summed E-state index contributed by atoms with van der Waals surface area (Å²) < 4.78 is 35.9. The molecule has 5 nitrogen and oxygen atoms in total. The van der Waals surface area contributed by atoms with Crippen molar-refractivity contribution in [3.8, 4) is 5.75 Å².